The van der Waals surface area contributed by atoms with Gasteiger partial charge in [-0.15, -0.1) is 0 Å². The minimum Gasteiger partial charge on any atom is -0.462 e. The Labute approximate surface area is 342 Å². The second-order valence-electron chi connectivity index (χ2n) is 17.7. The molecule has 0 aromatic rings. The van der Waals surface area contributed by atoms with Crippen molar-refractivity contribution in [2.75, 3.05) is 13.2 Å². The third kappa shape index (κ3) is 43.4. The van der Waals surface area contributed by atoms with Crippen molar-refractivity contribution in [3.8, 4) is 0 Å². The molecule has 0 unspecified atom stereocenters. The summed E-state index contributed by atoms with van der Waals surface area (Å²) in [6, 6.07) is 0. The van der Waals surface area contributed by atoms with Gasteiger partial charge in [-0.2, -0.15) is 0 Å². The second-order valence-corrected chi connectivity index (χ2v) is 17.7. The van der Waals surface area contributed by atoms with Crippen LogP contribution in [0.1, 0.15) is 266 Å². The molecule has 55 heavy (non-hydrogen) atoms. The highest BCUT2D eigenvalue weighted by atomic mass is 16.6. The molecule has 0 aliphatic heterocycles. The van der Waals surface area contributed by atoms with Crippen LogP contribution in [0.4, 0.5) is 0 Å². The van der Waals surface area contributed by atoms with Gasteiger partial charge < -0.3 is 14.2 Å². The van der Waals surface area contributed by atoms with Gasteiger partial charge in [0.2, 0.25) is 0 Å². The summed E-state index contributed by atoms with van der Waals surface area (Å²) in [7, 11) is 0. The Morgan fingerprint density at radius 1 is 0.345 bits per heavy atom. The maximum absolute atomic E-state index is 12.7. The standard InChI is InChI=1S/C49H94O6/c1-6-7-8-9-10-11-19-24-29-34-39-47(50)53-42-46(43-54-48(51)40-35-30-25-20-16-15-18-23-28-33-38-45(4)5)55-49(52)41-36-31-26-21-14-12-13-17-22-27-32-37-44(2)3/h44-46H,6-43H2,1-5H3/t46-/m0/s1. The van der Waals surface area contributed by atoms with Crippen molar-refractivity contribution in [2.24, 2.45) is 11.8 Å². The number of esters is 3. The monoisotopic (exact) mass is 779 g/mol. The molecule has 0 aliphatic carbocycles. The predicted molar refractivity (Wildman–Crippen MR) is 233 cm³/mol. The van der Waals surface area contributed by atoms with E-state index in [4.69, 9.17) is 14.2 Å². The lowest BCUT2D eigenvalue weighted by Crippen LogP contribution is -2.30. The fourth-order valence-electron chi connectivity index (χ4n) is 7.28. The van der Waals surface area contributed by atoms with E-state index in [0.717, 1.165) is 69.6 Å². The number of ether oxygens (including phenoxy) is 3. The van der Waals surface area contributed by atoms with Crippen LogP contribution in [0.5, 0.6) is 0 Å². The molecule has 0 aliphatic rings. The molecule has 0 aromatic heterocycles. The van der Waals surface area contributed by atoms with Crippen molar-refractivity contribution in [1.82, 2.24) is 0 Å². The predicted octanol–water partition coefficient (Wildman–Crippen LogP) is 15.4. The van der Waals surface area contributed by atoms with Crippen LogP contribution in [-0.2, 0) is 28.6 Å². The third-order valence-corrected chi connectivity index (χ3v) is 11.0. The van der Waals surface area contributed by atoms with Gasteiger partial charge in [-0.05, 0) is 31.1 Å². The average molecular weight is 779 g/mol. The van der Waals surface area contributed by atoms with Crippen LogP contribution >= 0.6 is 0 Å². The molecule has 0 amide bonds. The van der Waals surface area contributed by atoms with Crippen molar-refractivity contribution >= 4 is 17.9 Å². The summed E-state index contributed by atoms with van der Waals surface area (Å²) in [6.07, 6.45) is 40.9. The zero-order chi connectivity index (χ0) is 40.5. The molecule has 0 rings (SSSR count). The Balaban J connectivity index is 4.32. The highest BCUT2D eigenvalue weighted by Gasteiger charge is 2.19. The minimum atomic E-state index is -0.760. The molecule has 0 fully saturated rings. The lowest BCUT2D eigenvalue weighted by atomic mass is 10.0. The van der Waals surface area contributed by atoms with Gasteiger partial charge in [0.25, 0.3) is 0 Å². The van der Waals surface area contributed by atoms with Crippen molar-refractivity contribution in [2.45, 2.75) is 272 Å². The molecule has 6 nitrogen and oxygen atoms in total. The lowest BCUT2D eigenvalue weighted by Gasteiger charge is -2.18. The molecule has 0 radical (unpaired) electrons. The van der Waals surface area contributed by atoms with Crippen LogP contribution in [0.3, 0.4) is 0 Å². The van der Waals surface area contributed by atoms with E-state index in [-0.39, 0.29) is 31.1 Å². The average Bonchev–Trinajstić information content (AvgIpc) is 3.15. The molecule has 0 saturated carbocycles. The highest BCUT2D eigenvalue weighted by molar-refractivity contribution is 5.71. The first-order valence-corrected chi connectivity index (χ1v) is 24.2. The van der Waals surface area contributed by atoms with Gasteiger partial charge in [0, 0.05) is 19.3 Å². The van der Waals surface area contributed by atoms with E-state index in [1.807, 2.05) is 0 Å². The number of hydrogen-bond donors (Lipinski definition) is 0. The molecular formula is C49H94O6. The summed E-state index contributed by atoms with van der Waals surface area (Å²) in [4.78, 5) is 37.8. The van der Waals surface area contributed by atoms with Crippen molar-refractivity contribution in [1.29, 1.82) is 0 Å². The summed E-state index contributed by atoms with van der Waals surface area (Å²) < 4.78 is 16.7. The summed E-state index contributed by atoms with van der Waals surface area (Å²) in [5.74, 6) is 0.789. The Hall–Kier alpha value is -1.59. The summed E-state index contributed by atoms with van der Waals surface area (Å²) in [5, 5.41) is 0. The topological polar surface area (TPSA) is 78.9 Å². The van der Waals surface area contributed by atoms with Gasteiger partial charge in [-0.1, -0.05) is 227 Å². The Bertz CT molecular complexity index is 839. The van der Waals surface area contributed by atoms with Gasteiger partial charge in [-0.25, -0.2) is 0 Å². The molecule has 0 saturated heterocycles. The molecule has 6 heteroatoms. The fraction of sp³-hybridized carbons (Fsp3) is 0.939. The van der Waals surface area contributed by atoms with E-state index >= 15 is 0 Å². The normalized spacial score (nSPS) is 12.1. The number of carbonyl (C=O) groups excluding carboxylic acids is 3. The van der Waals surface area contributed by atoms with E-state index < -0.39 is 6.10 Å². The van der Waals surface area contributed by atoms with E-state index in [2.05, 4.69) is 34.6 Å². The van der Waals surface area contributed by atoms with Gasteiger partial charge >= 0.3 is 17.9 Å². The largest absolute Gasteiger partial charge is 0.462 e. The van der Waals surface area contributed by atoms with Gasteiger partial charge in [0.15, 0.2) is 6.10 Å². The van der Waals surface area contributed by atoms with E-state index in [1.165, 1.54) is 154 Å². The van der Waals surface area contributed by atoms with Crippen LogP contribution in [0, 0.1) is 11.8 Å². The Morgan fingerprint density at radius 3 is 0.891 bits per heavy atom. The first-order valence-electron chi connectivity index (χ1n) is 24.2. The third-order valence-electron chi connectivity index (χ3n) is 11.0. The van der Waals surface area contributed by atoms with Crippen LogP contribution in [-0.4, -0.2) is 37.2 Å². The Kier molecular flexibility index (Phi) is 40.8. The number of unbranched alkanes of at least 4 members (excludes halogenated alkanes) is 28. The second kappa shape index (κ2) is 42.0. The molecule has 0 N–H and O–H groups in total. The van der Waals surface area contributed by atoms with Crippen molar-refractivity contribution in [3.05, 3.63) is 0 Å². The lowest BCUT2D eigenvalue weighted by molar-refractivity contribution is -0.167. The first-order chi connectivity index (χ1) is 26.7. The van der Waals surface area contributed by atoms with Gasteiger partial charge in [0.05, 0.1) is 0 Å². The van der Waals surface area contributed by atoms with Crippen molar-refractivity contribution in [3.63, 3.8) is 0 Å². The van der Waals surface area contributed by atoms with Crippen LogP contribution in [0.25, 0.3) is 0 Å². The summed E-state index contributed by atoms with van der Waals surface area (Å²) in [6.45, 7) is 11.3. The zero-order valence-corrected chi connectivity index (χ0v) is 37.6. The molecule has 326 valence electrons. The molecule has 0 aromatic carbocycles. The zero-order valence-electron chi connectivity index (χ0n) is 37.6. The van der Waals surface area contributed by atoms with E-state index in [0.29, 0.717) is 19.3 Å². The van der Waals surface area contributed by atoms with Crippen LogP contribution in [0.15, 0.2) is 0 Å². The maximum atomic E-state index is 12.7. The number of hydrogen-bond acceptors (Lipinski definition) is 6. The molecule has 0 heterocycles. The number of rotatable bonds is 43. The highest BCUT2D eigenvalue weighted by Crippen LogP contribution is 2.17. The smallest absolute Gasteiger partial charge is 0.306 e. The molecular weight excluding hydrogens is 685 g/mol. The maximum Gasteiger partial charge on any atom is 0.306 e. The van der Waals surface area contributed by atoms with E-state index in [1.54, 1.807) is 0 Å². The van der Waals surface area contributed by atoms with E-state index in [9.17, 15) is 14.4 Å². The molecule has 0 bridgehead atoms. The van der Waals surface area contributed by atoms with Crippen molar-refractivity contribution < 1.29 is 28.6 Å². The quantitative estimate of drug-likeness (QED) is 0.0348. The first kappa shape index (κ1) is 53.4. The minimum absolute atomic E-state index is 0.0644. The van der Waals surface area contributed by atoms with Crippen LogP contribution < -0.4 is 0 Å². The number of carbonyl (C=O) groups is 3. The molecule has 1 atom stereocenters. The van der Waals surface area contributed by atoms with Gasteiger partial charge in [-0.3, -0.25) is 14.4 Å². The van der Waals surface area contributed by atoms with Gasteiger partial charge in [0.1, 0.15) is 13.2 Å². The summed E-state index contributed by atoms with van der Waals surface area (Å²) in [5.41, 5.74) is 0. The summed E-state index contributed by atoms with van der Waals surface area (Å²) >= 11 is 0. The SMILES string of the molecule is CCCCCCCCCCCCC(=O)OC[C@@H](COC(=O)CCCCCCCCCCCCC(C)C)OC(=O)CCCCCCCCCCCCCC(C)C. The van der Waals surface area contributed by atoms with Crippen LogP contribution in [0.2, 0.25) is 0 Å². The fourth-order valence-corrected chi connectivity index (χ4v) is 7.28. The molecule has 0 spiro atoms. The Morgan fingerprint density at radius 2 is 0.600 bits per heavy atom.